The highest BCUT2D eigenvalue weighted by Gasteiger charge is 2.17. The molecule has 6 nitrogen and oxygen atoms in total. The zero-order chi connectivity index (χ0) is 19.1. The van der Waals surface area contributed by atoms with Crippen LogP contribution in [0.2, 0.25) is 0 Å². The molecule has 1 aromatic carbocycles. The van der Waals surface area contributed by atoms with Crippen molar-refractivity contribution in [3.63, 3.8) is 0 Å². The van der Waals surface area contributed by atoms with Gasteiger partial charge in [0.1, 0.15) is 12.4 Å². The van der Waals surface area contributed by atoms with Crippen LogP contribution in [0.1, 0.15) is 28.8 Å². The standard InChI is InChI=1S/C20H23NO5S/c1-21(11-15-8-10-27-14-15)19(22)13-26-20(23)16-4-6-17(7-5-16)25-12-18-3-2-9-24-18/h4-8,10,14,18H,2-3,9,11-13H2,1H3. The van der Waals surface area contributed by atoms with Crippen molar-refractivity contribution in [2.45, 2.75) is 25.5 Å². The fraction of sp³-hybridized carbons (Fsp3) is 0.400. The normalized spacial score (nSPS) is 16.1. The quantitative estimate of drug-likeness (QED) is 0.649. The Labute approximate surface area is 162 Å². The van der Waals surface area contributed by atoms with Crippen LogP contribution in [0.4, 0.5) is 0 Å². The van der Waals surface area contributed by atoms with Gasteiger partial charge in [-0.25, -0.2) is 4.79 Å². The molecule has 0 radical (unpaired) electrons. The molecule has 144 valence electrons. The molecular formula is C20H23NO5S. The Morgan fingerprint density at radius 2 is 2.07 bits per heavy atom. The number of likely N-dealkylation sites (N-methyl/N-ethyl adjacent to an activating group) is 1. The molecular weight excluding hydrogens is 366 g/mol. The molecule has 2 aromatic rings. The third kappa shape index (κ3) is 5.80. The van der Waals surface area contributed by atoms with Crippen LogP contribution in [-0.4, -0.2) is 49.7 Å². The van der Waals surface area contributed by atoms with Gasteiger partial charge in [0.2, 0.25) is 0 Å². The van der Waals surface area contributed by atoms with E-state index < -0.39 is 5.97 Å². The van der Waals surface area contributed by atoms with Crippen LogP contribution in [0.5, 0.6) is 5.75 Å². The lowest BCUT2D eigenvalue weighted by molar-refractivity contribution is -0.133. The molecule has 0 spiro atoms. The predicted octanol–water partition coefficient (Wildman–Crippen LogP) is 3.12. The van der Waals surface area contributed by atoms with Crippen LogP contribution in [0.25, 0.3) is 0 Å². The smallest absolute Gasteiger partial charge is 0.338 e. The molecule has 0 saturated carbocycles. The van der Waals surface area contributed by atoms with Crippen LogP contribution in [0, 0.1) is 0 Å². The molecule has 1 amide bonds. The lowest BCUT2D eigenvalue weighted by Gasteiger charge is -2.16. The fourth-order valence-corrected chi connectivity index (χ4v) is 3.38. The highest BCUT2D eigenvalue weighted by Crippen LogP contribution is 2.17. The highest BCUT2D eigenvalue weighted by molar-refractivity contribution is 7.07. The van der Waals surface area contributed by atoms with Gasteiger partial charge in [0.15, 0.2) is 6.61 Å². The van der Waals surface area contributed by atoms with Gasteiger partial charge in [0, 0.05) is 20.2 Å². The third-order valence-corrected chi connectivity index (χ3v) is 5.03. The number of ether oxygens (including phenoxy) is 3. The van der Waals surface area contributed by atoms with Gasteiger partial charge in [-0.1, -0.05) is 0 Å². The first-order chi connectivity index (χ1) is 13.1. The van der Waals surface area contributed by atoms with Crippen molar-refractivity contribution >= 4 is 23.2 Å². The molecule has 1 aliphatic heterocycles. The molecule has 1 saturated heterocycles. The first kappa shape index (κ1) is 19.4. The van der Waals surface area contributed by atoms with Crippen molar-refractivity contribution in [1.82, 2.24) is 4.90 Å². The van der Waals surface area contributed by atoms with Gasteiger partial charge in [-0.3, -0.25) is 4.79 Å². The molecule has 1 aromatic heterocycles. The first-order valence-corrected chi connectivity index (χ1v) is 9.83. The van der Waals surface area contributed by atoms with E-state index in [4.69, 9.17) is 14.2 Å². The summed E-state index contributed by atoms with van der Waals surface area (Å²) < 4.78 is 16.3. The number of hydrogen-bond donors (Lipinski definition) is 0. The lowest BCUT2D eigenvalue weighted by Crippen LogP contribution is -2.30. The summed E-state index contributed by atoms with van der Waals surface area (Å²) in [4.78, 5) is 25.7. The van der Waals surface area contributed by atoms with Crippen LogP contribution in [-0.2, 0) is 20.8 Å². The van der Waals surface area contributed by atoms with Gasteiger partial charge in [0.25, 0.3) is 5.91 Å². The lowest BCUT2D eigenvalue weighted by atomic mass is 10.2. The molecule has 1 fully saturated rings. The summed E-state index contributed by atoms with van der Waals surface area (Å²) in [7, 11) is 1.69. The molecule has 7 heteroatoms. The summed E-state index contributed by atoms with van der Waals surface area (Å²) in [6.45, 7) is 1.52. The molecule has 1 atom stereocenters. The van der Waals surface area contributed by atoms with E-state index in [0.717, 1.165) is 25.0 Å². The number of hydrogen-bond acceptors (Lipinski definition) is 6. The maximum atomic E-state index is 12.1. The Morgan fingerprint density at radius 3 is 2.74 bits per heavy atom. The summed E-state index contributed by atoms with van der Waals surface area (Å²) in [5.74, 6) is -0.0994. The highest BCUT2D eigenvalue weighted by atomic mass is 32.1. The van der Waals surface area contributed by atoms with Crippen LogP contribution >= 0.6 is 11.3 Å². The number of rotatable bonds is 8. The SMILES string of the molecule is CN(Cc1ccsc1)C(=O)COC(=O)c1ccc(OCC2CCCO2)cc1. The maximum Gasteiger partial charge on any atom is 0.338 e. The predicted molar refractivity (Wildman–Crippen MR) is 102 cm³/mol. The number of nitrogens with zero attached hydrogens (tertiary/aromatic N) is 1. The van der Waals surface area contributed by atoms with Crippen molar-refractivity contribution in [1.29, 1.82) is 0 Å². The van der Waals surface area contributed by atoms with E-state index in [1.165, 1.54) is 4.90 Å². The van der Waals surface area contributed by atoms with E-state index >= 15 is 0 Å². The average Bonchev–Trinajstić information content (AvgIpc) is 3.38. The van der Waals surface area contributed by atoms with E-state index in [-0.39, 0.29) is 18.6 Å². The molecule has 1 aliphatic rings. The Bertz CT molecular complexity index is 738. The minimum atomic E-state index is -0.530. The molecule has 27 heavy (non-hydrogen) atoms. The summed E-state index contributed by atoms with van der Waals surface area (Å²) >= 11 is 1.58. The van der Waals surface area contributed by atoms with Gasteiger partial charge in [0.05, 0.1) is 11.7 Å². The van der Waals surface area contributed by atoms with E-state index in [1.807, 2.05) is 16.8 Å². The van der Waals surface area contributed by atoms with Crippen molar-refractivity contribution in [3.05, 3.63) is 52.2 Å². The summed E-state index contributed by atoms with van der Waals surface area (Å²) in [5, 5.41) is 3.94. The maximum absolute atomic E-state index is 12.1. The van der Waals surface area contributed by atoms with E-state index in [9.17, 15) is 9.59 Å². The largest absolute Gasteiger partial charge is 0.491 e. The number of carbonyl (C=O) groups excluding carboxylic acids is 2. The Balaban J connectivity index is 1.42. The van der Waals surface area contributed by atoms with E-state index in [0.29, 0.717) is 24.5 Å². The number of carbonyl (C=O) groups is 2. The van der Waals surface area contributed by atoms with Gasteiger partial charge < -0.3 is 19.1 Å². The second kappa shape index (κ2) is 9.53. The molecule has 0 bridgehead atoms. The number of esters is 1. The van der Waals surface area contributed by atoms with Crippen LogP contribution in [0.15, 0.2) is 41.1 Å². The summed E-state index contributed by atoms with van der Waals surface area (Å²) in [5.41, 5.74) is 1.44. The number of thiophene rings is 1. The fourth-order valence-electron chi connectivity index (χ4n) is 2.72. The molecule has 3 rings (SSSR count). The average molecular weight is 389 g/mol. The van der Waals surface area contributed by atoms with Crippen LogP contribution in [0.3, 0.4) is 0 Å². The van der Waals surface area contributed by atoms with E-state index in [1.54, 1.807) is 42.6 Å². The molecule has 0 aliphatic carbocycles. The Morgan fingerprint density at radius 1 is 1.26 bits per heavy atom. The van der Waals surface area contributed by atoms with Crippen molar-refractivity contribution in [2.75, 3.05) is 26.9 Å². The van der Waals surface area contributed by atoms with Gasteiger partial charge in [-0.2, -0.15) is 11.3 Å². The zero-order valence-electron chi connectivity index (χ0n) is 15.3. The van der Waals surface area contributed by atoms with E-state index in [2.05, 4.69) is 0 Å². The number of amides is 1. The first-order valence-electron chi connectivity index (χ1n) is 8.88. The van der Waals surface area contributed by atoms with Crippen molar-refractivity contribution in [3.8, 4) is 5.75 Å². The second-order valence-corrected chi connectivity index (χ2v) is 7.21. The summed E-state index contributed by atoms with van der Waals surface area (Å²) in [6.07, 6.45) is 2.23. The van der Waals surface area contributed by atoms with Gasteiger partial charge in [-0.15, -0.1) is 0 Å². The minimum Gasteiger partial charge on any atom is -0.491 e. The molecule has 0 N–H and O–H groups in total. The van der Waals surface area contributed by atoms with Gasteiger partial charge >= 0.3 is 5.97 Å². The molecule has 2 heterocycles. The van der Waals surface area contributed by atoms with Crippen molar-refractivity contribution < 1.29 is 23.8 Å². The zero-order valence-corrected chi connectivity index (χ0v) is 16.1. The third-order valence-electron chi connectivity index (χ3n) is 4.30. The van der Waals surface area contributed by atoms with Crippen molar-refractivity contribution in [2.24, 2.45) is 0 Å². The summed E-state index contributed by atoms with van der Waals surface area (Å²) in [6, 6.07) is 8.66. The minimum absolute atomic E-state index is 0.145. The van der Waals surface area contributed by atoms with Gasteiger partial charge in [-0.05, 0) is 59.5 Å². The Kier molecular flexibility index (Phi) is 6.84. The topological polar surface area (TPSA) is 65.1 Å². The monoisotopic (exact) mass is 389 g/mol. The number of benzene rings is 1. The Hall–Kier alpha value is -2.38. The second-order valence-electron chi connectivity index (χ2n) is 6.43. The molecule has 1 unspecified atom stereocenters. The van der Waals surface area contributed by atoms with Crippen LogP contribution < -0.4 is 4.74 Å².